The van der Waals surface area contributed by atoms with Crippen molar-refractivity contribution in [1.29, 1.82) is 0 Å². The number of aliphatic hydroxyl groups excluding tert-OH is 1. The monoisotopic (exact) mass is 198 g/mol. The number of ether oxygens (including phenoxy) is 1. The van der Waals surface area contributed by atoms with E-state index in [0.717, 1.165) is 32.5 Å². The van der Waals surface area contributed by atoms with Gasteiger partial charge in [0.15, 0.2) is 0 Å². The van der Waals surface area contributed by atoms with Crippen molar-refractivity contribution in [3.8, 4) is 0 Å². The van der Waals surface area contributed by atoms with Gasteiger partial charge in [0, 0.05) is 19.8 Å². The Kier molecular flexibility index (Phi) is 11.9. The Hall–Kier alpha value is -0.560. The lowest BCUT2D eigenvalue weighted by Gasteiger charge is -2.08. The maximum absolute atomic E-state index is 8.32. The quantitative estimate of drug-likeness (QED) is 0.556. The van der Waals surface area contributed by atoms with Gasteiger partial charge in [-0.3, -0.25) is 0 Å². The van der Waals surface area contributed by atoms with Gasteiger partial charge in [0.25, 0.3) is 0 Å². The second kappa shape index (κ2) is 12.4. The normalized spacial score (nSPS) is 14.9. The van der Waals surface area contributed by atoms with Crippen molar-refractivity contribution in [1.82, 2.24) is 0 Å². The zero-order valence-electron chi connectivity index (χ0n) is 9.00. The summed E-state index contributed by atoms with van der Waals surface area (Å²) in [6.07, 6.45) is 8.73. The summed E-state index contributed by atoms with van der Waals surface area (Å²) in [5.41, 5.74) is 2.67. The van der Waals surface area contributed by atoms with Gasteiger partial charge in [-0.05, 0) is 44.6 Å². The molecule has 1 rings (SSSR count). The van der Waals surface area contributed by atoms with Crippen molar-refractivity contribution in [2.24, 2.45) is 0 Å². The SMILES string of the molecule is C1CCOCC1.C=C=CCCCCO. The largest absolute Gasteiger partial charge is 0.396 e. The van der Waals surface area contributed by atoms with E-state index in [1.54, 1.807) is 0 Å². The summed E-state index contributed by atoms with van der Waals surface area (Å²) >= 11 is 0. The third-order valence-corrected chi connectivity index (χ3v) is 1.98. The summed E-state index contributed by atoms with van der Waals surface area (Å²) in [5.74, 6) is 0. The highest BCUT2D eigenvalue weighted by Crippen LogP contribution is 2.02. The molecule has 1 saturated heterocycles. The molecule has 1 N–H and O–H groups in total. The standard InChI is InChI=1S/C7H12O.C5H10O/c1-2-3-4-5-6-7-8;1-2-4-6-5-3-1/h3,8H,1,4-7H2;1-5H2. The lowest BCUT2D eigenvalue weighted by Crippen LogP contribution is -2.03. The zero-order chi connectivity index (χ0) is 10.5. The molecule has 1 heterocycles. The van der Waals surface area contributed by atoms with Crippen molar-refractivity contribution in [2.75, 3.05) is 19.8 Å². The van der Waals surface area contributed by atoms with E-state index in [-0.39, 0.29) is 0 Å². The predicted molar refractivity (Wildman–Crippen MR) is 59.3 cm³/mol. The van der Waals surface area contributed by atoms with Crippen molar-refractivity contribution in [3.63, 3.8) is 0 Å². The molecular weight excluding hydrogens is 176 g/mol. The Labute approximate surface area is 87.3 Å². The summed E-state index contributed by atoms with van der Waals surface area (Å²) in [6, 6.07) is 0. The molecule has 0 aromatic carbocycles. The average molecular weight is 198 g/mol. The Morgan fingerprint density at radius 2 is 1.93 bits per heavy atom. The third kappa shape index (κ3) is 11.4. The molecule has 0 atom stereocenters. The molecule has 0 aromatic heterocycles. The van der Waals surface area contributed by atoms with Crippen molar-refractivity contribution >= 4 is 0 Å². The first-order valence-electron chi connectivity index (χ1n) is 5.44. The highest BCUT2D eigenvalue weighted by atomic mass is 16.5. The van der Waals surface area contributed by atoms with Crippen LogP contribution in [-0.4, -0.2) is 24.9 Å². The van der Waals surface area contributed by atoms with E-state index in [4.69, 9.17) is 9.84 Å². The van der Waals surface area contributed by atoms with Crippen LogP contribution in [0.4, 0.5) is 0 Å². The van der Waals surface area contributed by atoms with E-state index >= 15 is 0 Å². The van der Waals surface area contributed by atoms with E-state index in [1.165, 1.54) is 19.3 Å². The zero-order valence-corrected chi connectivity index (χ0v) is 9.00. The lowest BCUT2D eigenvalue weighted by molar-refractivity contribution is 0.0968. The second-order valence-corrected chi connectivity index (χ2v) is 3.30. The number of unbranched alkanes of at least 4 members (excludes halogenated alkanes) is 2. The highest BCUT2D eigenvalue weighted by molar-refractivity contribution is 4.74. The Morgan fingerprint density at radius 1 is 1.21 bits per heavy atom. The van der Waals surface area contributed by atoms with Crippen LogP contribution in [0.1, 0.15) is 38.5 Å². The molecule has 82 valence electrons. The minimum Gasteiger partial charge on any atom is -0.396 e. The van der Waals surface area contributed by atoms with Crippen LogP contribution in [0, 0.1) is 0 Å². The van der Waals surface area contributed by atoms with Gasteiger partial charge < -0.3 is 9.84 Å². The maximum Gasteiger partial charge on any atom is 0.0466 e. The summed E-state index contributed by atoms with van der Waals surface area (Å²) < 4.78 is 5.07. The lowest BCUT2D eigenvalue weighted by atomic mass is 10.2. The van der Waals surface area contributed by atoms with E-state index in [0.29, 0.717) is 6.61 Å². The Balaban J connectivity index is 0.000000249. The summed E-state index contributed by atoms with van der Waals surface area (Å²) in [6.45, 7) is 5.71. The first kappa shape index (κ1) is 13.4. The highest BCUT2D eigenvalue weighted by Gasteiger charge is 1.95. The first-order chi connectivity index (χ1) is 6.91. The topological polar surface area (TPSA) is 29.5 Å². The smallest absolute Gasteiger partial charge is 0.0466 e. The molecule has 0 saturated carbocycles. The van der Waals surface area contributed by atoms with Crippen molar-refractivity contribution in [3.05, 3.63) is 18.4 Å². The van der Waals surface area contributed by atoms with Gasteiger partial charge in [-0.15, -0.1) is 5.73 Å². The predicted octanol–water partition coefficient (Wildman–Crippen LogP) is 2.68. The molecule has 0 radical (unpaired) electrons. The fourth-order valence-electron chi connectivity index (χ4n) is 1.15. The molecule has 0 unspecified atom stereocenters. The molecule has 1 aliphatic heterocycles. The minimum atomic E-state index is 0.297. The van der Waals surface area contributed by atoms with Crippen LogP contribution in [0.5, 0.6) is 0 Å². The second-order valence-electron chi connectivity index (χ2n) is 3.30. The minimum absolute atomic E-state index is 0.297. The van der Waals surface area contributed by atoms with Crippen LogP contribution in [0.2, 0.25) is 0 Å². The Bertz CT molecular complexity index is 133. The van der Waals surface area contributed by atoms with E-state index < -0.39 is 0 Å². The maximum atomic E-state index is 8.32. The summed E-state index contributed by atoms with van der Waals surface area (Å²) in [5, 5.41) is 8.32. The third-order valence-electron chi connectivity index (χ3n) is 1.98. The molecule has 0 amide bonds. The van der Waals surface area contributed by atoms with Crippen LogP contribution < -0.4 is 0 Å². The fourth-order valence-corrected chi connectivity index (χ4v) is 1.15. The van der Waals surface area contributed by atoms with Gasteiger partial charge in [-0.25, -0.2) is 0 Å². The van der Waals surface area contributed by atoms with Crippen molar-refractivity contribution in [2.45, 2.75) is 38.5 Å². The number of aliphatic hydroxyl groups is 1. The van der Waals surface area contributed by atoms with Gasteiger partial charge in [0.05, 0.1) is 0 Å². The van der Waals surface area contributed by atoms with Crippen LogP contribution in [0.3, 0.4) is 0 Å². The van der Waals surface area contributed by atoms with E-state index in [9.17, 15) is 0 Å². The molecule has 0 aliphatic carbocycles. The summed E-state index contributed by atoms with van der Waals surface area (Å²) in [4.78, 5) is 0. The number of allylic oxidation sites excluding steroid dienone is 1. The number of rotatable bonds is 4. The van der Waals surface area contributed by atoms with Crippen LogP contribution in [0.25, 0.3) is 0 Å². The van der Waals surface area contributed by atoms with Gasteiger partial charge in [0.2, 0.25) is 0 Å². The Morgan fingerprint density at radius 3 is 2.29 bits per heavy atom. The van der Waals surface area contributed by atoms with Crippen LogP contribution in [0.15, 0.2) is 18.4 Å². The first-order valence-corrected chi connectivity index (χ1v) is 5.44. The molecule has 2 nitrogen and oxygen atoms in total. The van der Waals surface area contributed by atoms with Crippen LogP contribution in [-0.2, 0) is 4.74 Å². The molecule has 0 bridgehead atoms. The van der Waals surface area contributed by atoms with E-state index in [2.05, 4.69) is 12.3 Å². The van der Waals surface area contributed by atoms with Gasteiger partial charge >= 0.3 is 0 Å². The van der Waals surface area contributed by atoms with Crippen molar-refractivity contribution < 1.29 is 9.84 Å². The van der Waals surface area contributed by atoms with E-state index in [1.807, 2.05) is 6.08 Å². The van der Waals surface area contributed by atoms with Gasteiger partial charge in [0.1, 0.15) is 0 Å². The molecule has 1 fully saturated rings. The molecule has 1 aliphatic rings. The molecular formula is C12H22O2. The molecule has 14 heavy (non-hydrogen) atoms. The molecule has 0 spiro atoms. The molecule has 2 heteroatoms. The number of hydrogen-bond donors (Lipinski definition) is 1. The number of hydrogen-bond acceptors (Lipinski definition) is 2. The van der Waals surface area contributed by atoms with Gasteiger partial charge in [-0.2, -0.15) is 0 Å². The average Bonchev–Trinajstić information content (AvgIpc) is 2.28. The molecule has 0 aromatic rings. The fraction of sp³-hybridized carbons (Fsp3) is 0.750. The van der Waals surface area contributed by atoms with Gasteiger partial charge in [-0.1, -0.05) is 6.58 Å². The summed E-state index contributed by atoms with van der Waals surface area (Å²) in [7, 11) is 0. The van der Waals surface area contributed by atoms with Crippen LogP contribution >= 0.6 is 0 Å².